The minimum Gasteiger partial charge on any atom is -0.342 e. The van der Waals surface area contributed by atoms with Gasteiger partial charge in [-0.05, 0) is 48.9 Å². The number of benzene rings is 1. The molecule has 1 aliphatic heterocycles. The van der Waals surface area contributed by atoms with E-state index in [1.807, 2.05) is 17.0 Å². The van der Waals surface area contributed by atoms with E-state index in [2.05, 4.69) is 28.1 Å². The average Bonchev–Trinajstić information content (AvgIpc) is 3.04. The molecular formula is C16H22BrClN2OS. The smallest absolute Gasteiger partial charge is 0.223 e. The summed E-state index contributed by atoms with van der Waals surface area (Å²) in [6, 6.07) is 8.54. The third-order valence-electron chi connectivity index (χ3n) is 4.66. The molecule has 1 aromatic rings. The first kappa shape index (κ1) is 18.1. The number of nitrogens with two attached hydrogens (primary N) is 1. The number of nitrogens with zero attached hydrogens (tertiary/aromatic N) is 1. The van der Waals surface area contributed by atoms with Crippen LogP contribution in [0.2, 0.25) is 0 Å². The lowest BCUT2D eigenvalue weighted by atomic mass is 9.98. The van der Waals surface area contributed by atoms with Crippen LogP contribution in [-0.2, 0) is 4.79 Å². The number of rotatable bonds is 4. The molecule has 2 fully saturated rings. The second-order valence-corrected chi connectivity index (χ2v) is 8.10. The van der Waals surface area contributed by atoms with Gasteiger partial charge in [0.25, 0.3) is 0 Å². The van der Waals surface area contributed by atoms with Crippen LogP contribution in [0.25, 0.3) is 0 Å². The Morgan fingerprint density at radius 1 is 1.27 bits per heavy atom. The molecule has 6 heteroatoms. The summed E-state index contributed by atoms with van der Waals surface area (Å²) >= 11 is 5.17. The topological polar surface area (TPSA) is 46.3 Å². The highest BCUT2D eigenvalue weighted by atomic mass is 79.9. The Hall–Kier alpha value is -0.230. The number of likely N-dealkylation sites (tertiary alicyclic amines) is 1. The maximum Gasteiger partial charge on any atom is 0.223 e. The van der Waals surface area contributed by atoms with Gasteiger partial charge in [-0.1, -0.05) is 15.9 Å². The molecule has 0 aromatic heterocycles. The maximum atomic E-state index is 12.3. The first-order valence-corrected chi connectivity index (χ1v) is 9.33. The molecule has 1 saturated heterocycles. The van der Waals surface area contributed by atoms with E-state index < -0.39 is 0 Å². The number of halogens is 2. The second kappa shape index (κ2) is 8.04. The fraction of sp³-hybridized carbons (Fsp3) is 0.562. The van der Waals surface area contributed by atoms with Gasteiger partial charge in [-0.2, -0.15) is 0 Å². The van der Waals surface area contributed by atoms with Crippen LogP contribution in [-0.4, -0.2) is 35.7 Å². The fourth-order valence-electron chi connectivity index (χ4n) is 3.46. The maximum absolute atomic E-state index is 12.3. The first-order valence-electron chi connectivity index (χ1n) is 7.55. The molecule has 1 saturated carbocycles. The summed E-state index contributed by atoms with van der Waals surface area (Å²) in [4.78, 5) is 15.5. The number of carbonyl (C=O) groups excluding carboxylic acids is 1. The molecule has 3 unspecified atom stereocenters. The molecule has 3 atom stereocenters. The Labute approximate surface area is 150 Å². The number of thioether (sulfide) groups is 1. The highest BCUT2D eigenvalue weighted by Gasteiger charge is 2.42. The van der Waals surface area contributed by atoms with Crippen LogP contribution < -0.4 is 5.73 Å². The molecule has 0 spiro atoms. The number of hydrogen-bond acceptors (Lipinski definition) is 3. The van der Waals surface area contributed by atoms with E-state index in [1.165, 1.54) is 11.3 Å². The quantitative estimate of drug-likeness (QED) is 0.779. The Bertz CT molecular complexity index is 513. The monoisotopic (exact) mass is 404 g/mol. The summed E-state index contributed by atoms with van der Waals surface area (Å²) in [6.07, 6.45) is 2.95. The normalized spacial score (nSPS) is 26.6. The third-order valence-corrected chi connectivity index (χ3v) is 6.21. The SMILES string of the molecule is Cl.NC1CCC2CN(C(=O)CCSc3ccc(Br)cc3)CC12. The van der Waals surface area contributed by atoms with Gasteiger partial charge >= 0.3 is 0 Å². The van der Waals surface area contributed by atoms with Gasteiger partial charge in [-0.25, -0.2) is 0 Å². The van der Waals surface area contributed by atoms with Gasteiger partial charge in [-0.3, -0.25) is 4.79 Å². The van der Waals surface area contributed by atoms with Gasteiger partial charge in [0.2, 0.25) is 5.91 Å². The number of hydrogen-bond donors (Lipinski definition) is 1. The predicted molar refractivity (Wildman–Crippen MR) is 97.5 cm³/mol. The lowest BCUT2D eigenvalue weighted by Gasteiger charge is -2.18. The van der Waals surface area contributed by atoms with Crippen LogP contribution >= 0.6 is 40.1 Å². The van der Waals surface area contributed by atoms with Gasteiger partial charge in [0.1, 0.15) is 0 Å². The summed E-state index contributed by atoms with van der Waals surface area (Å²) in [6.45, 7) is 1.81. The highest BCUT2D eigenvalue weighted by molar-refractivity contribution is 9.10. The Morgan fingerprint density at radius 3 is 2.68 bits per heavy atom. The standard InChI is InChI=1S/C16H21BrN2OS.ClH/c17-12-2-4-13(5-3-12)21-8-7-16(20)19-9-11-1-6-15(18)14(11)10-19;/h2-5,11,14-15H,1,6-10,18H2;1H. The van der Waals surface area contributed by atoms with Crippen LogP contribution in [0, 0.1) is 11.8 Å². The molecule has 2 aliphatic rings. The van der Waals surface area contributed by atoms with E-state index in [4.69, 9.17) is 5.73 Å². The van der Waals surface area contributed by atoms with Crippen LogP contribution in [0.3, 0.4) is 0 Å². The van der Waals surface area contributed by atoms with E-state index in [1.54, 1.807) is 11.8 Å². The van der Waals surface area contributed by atoms with E-state index in [-0.39, 0.29) is 12.4 Å². The van der Waals surface area contributed by atoms with E-state index in [9.17, 15) is 4.79 Å². The van der Waals surface area contributed by atoms with E-state index in [0.29, 0.717) is 30.2 Å². The minimum absolute atomic E-state index is 0. The molecule has 1 aromatic carbocycles. The lowest BCUT2D eigenvalue weighted by molar-refractivity contribution is -0.130. The van der Waals surface area contributed by atoms with Crippen molar-refractivity contribution < 1.29 is 4.79 Å². The molecule has 22 heavy (non-hydrogen) atoms. The van der Waals surface area contributed by atoms with Crippen LogP contribution in [0.4, 0.5) is 0 Å². The fourth-order valence-corrected chi connectivity index (χ4v) is 4.56. The zero-order chi connectivity index (χ0) is 14.8. The summed E-state index contributed by atoms with van der Waals surface area (Å²) < 4.78 is 1.09. The van der Waals surface area contributed by atoms with Gasteiger partial charge < -0.3 is 10.6 Å². The molecule has 1 heterocycles. The van der Waals surface area contributed by atoms with Crippen molar-refractivity contribution in [2.45, 2.75) is 30.2 Å². The molecule has 0 radical (unpaired) electrons. The van der Waals surface area contributed by atoms with Gasteiger partial charge in [-0.15, -0.1) is 24.2 Å². The molecule has 1 amide bonds. The largest absolute Gasteiger partial charge is 0.342 e. The predicted octanol–water partition coefficient (Wildman–Crippen LogP) is 3.55. The minimum atomic E-state index is 0. The van der Waals surface area contributed by atoms with Gasteiger partial charge in [0, 0.05) is 40.7 Å². The van der Waals surface area contributed by atoms with E-state index in [0.717, 1.165) is 29.7 Å². The second-order valence-electron chi connectivity index (χ2n) is 6.02. The van der Waals surface area contributed by atoms with Crippen LogP contribution in [0.5, 0.6) is 0 Å². The van der Waals surface area contributed by atoms with Gasteiger partial charge in [0.05, 0.1) is 0 Å². The first-order chi connectivity index (χ1) is 10.1. The molecule has 0 bridgehead atoms. The van der Waals surface area contributed by atoms with Crippen molar-refractivity contribution in [3.63, 3.8) is 0 Å². The molecule has 3 rings (SSSR count). The van der Waals surface area contributed by atoms with E-state index >= 15 is 0 Å². The summed E-state index contributed by atoms with van der Waals surface area (Å²) in [7, 11) is 0. The molecule has 1 aliphatic carbocycles. The number of amides is 1. The Balaban J connectivity index is 0.00000176. The van der Waals surface area contributed by atoms with Crippen molar-refractivity contribution in [1.29, 1.82) is 0 Å². The Kier molecular flexibility index (Phi) is 6.62. The zero-order valence-corrected chi connectivity index (χ0v) is 15.6. The lowest BCUT2D eigenvalue weighted by Crippen LogP contribution is -2.33. The summed E-state index contributed by atoms with van der Waals surface area (Å²) in [5, 5.41) is 0. The summed E-state index contributed by atoms with van der Waals surface area (Å²) in [5.74, 6) is 2.34. The average molecular weight is 406 g/mol. The highest BCUT2D eigenvalue weighted by Crippen LogP contribution is 2.37. The third kappa shape index (κ3) is 4.19. The van der Waals surface area contributed by atoms with Crippen molar-refractivity contribution in [3.8, 4) is 0 Å². The zero-order valence-electron chi connectivity index (χ0n) is 12.4. The van der Waals surface area contributed by atoms with Crippen molar-refractivity contribution in [3.05, 3.63) is 28.7 Å². The van der Waals surface area contributed by atoms with Crippen LogP contribution in [0.15, 0.2) is 33.6 Å². The van der Waals surface area contributed by atoms with Crippen molar-refractivity contribution in [2.75, 3.05) is 18.8 Å². The molecular weight excluding hydrogens is 384 g/mol. The van der Waals surface area contributed by atoms with Crippen molar-refractivity contribution >= 4 is 46.0 Å². The van der Waals surface area contributed by atoms with Crippen LogP contribution in [0.1, 0.15) is 19.3 Å². The number of fused-ring (bicyclic) bond motifs is 1. The van der Waals surface area contributed by atoms with Crippen molar-refractivity contribution in [1.82, 2.24) is 4.90 Å². The Morgan fingerprint density at radius 2 is 2.00 bits per heavy atom. The number of carbonyl (C=O) groups is 1. The molecule has 2 N–H and O–H groups in total. The van der Waals surface area contributed by atoms with Gasteiger partial charge in [0.15, 0.2) is 0 Å². The molecule has 122 valence electrons. The summed E-state index contributed by atoms with van der Waals surface area (Å²) in [5.41, 5.74) is 6.12. The molecule has 3 nitrogen and oxygen atoms in total. The van der Waals surface area contributed by atoms with Crippen molar-refractivity contribution in [2.24, 2.45) is 17.6 Å².